The minimum atomic E-state index is 0.166. The van der Waals surface area contributed by atoms with Crippen molar-refractivity contribution in [2.75, 3.05) is 7.11 Å². The lowest BCUT2D eigenvalue weighted by Crippen LogP contribution is -1.86. The Bertz CT molecular complexity index is 236. The minimum absolute atomic E-state index is 0.166. The minimum Gasteiger partial charge on any atom is -0.506 e. The molecule has 0 fully saturated rings. The van der Waals surface area contributed by atoms with Crippen molar-refractivity contribution in [3.63, 3.8) is 0 Å². The van der Waals surface area contributed by atoms with Gasteiger partial charge in [-0.25, -0.2) is 0 Å². The number of aromatic nitrogens is 1. The molecule has 1 N–H and O–H groups in total. The maximum Gasteiger partial charge on any atom is 0.140 e. The molecule has 0 saturated carbocycles. The van der Waals surface area contributed by atoms with Gasteiger partial charge in [-0.1, -0.05) is 13.8 Å². The summed E-state index contributed by atoms with van der Waals surface area (Å²) in [5.74, 6) is 0.738. The number of hydrogen-bond acceptors (Lipinski definition) is 3. The first-order valence-corrected chi connectivity index (χ1v) is 3.93. The monoisotopic (exact) mass is 169 g/mol. The summed E-state index contributed by atoms with van der Waals surface area (Å²) in [7, 11) is 1.53. The number of aromatic hydroxyl groups is 1. The van der Waals surface area contributed by atoms with Crippen molar-refractivity contribution in [3.05, 3.63) is 18.0 Å². The fourth-order valence-electron chi connectivity index (χ4n) is 0.615. The van der Waals surface area contributed by atoms with Crippen LogP contribution in [0.3, 0.4) is 0 Å². The van der Waals surface area contributed by atoms with Gasteiger partial charge in [-0.15, -0.1) is 0 Å². The molecule has 0 spiro atoms. The van der Waals surface area contributed by atoms with Gasteiger partial charge in [0.2, 0.25) is 0 Å². The molecular formula is C9H15NO2. The van der Waals surface area contributed by atoms with Crippen LogP contribution in [0.25, 0.3) is 0 Å². The van der Waals surface area contributed by atoms with Gasteiger partial charge in [-0.2, -0.15) is 0 Å². The van der Waals surface area contributed by atoms with Crippen molar-refractivity contribution in [1.82, 2.24) is 4.98 Å². The molecule has 0 aliphatic carbocycles. The third-order valence-electron chi connectivity index (χ3n) is 1.27. The Labute approximate surface area is 73.0 Å². The summed E-state index contributed by atoms with van der Waals surface area (Å²) < 4.78 is 4.83. The van der Waals surface area contributed by atoms with Gasteiger partial charge in [0.15, 0.2) is 0 Å². The number of ether oxygens (including phenoxy) is 1. The van der Waals surface area contributed by atoms with Crippen LogP contribution in [-0.2, 0) is 0 Å². The van der Waals surface area contributed by atoms with Gasteiger partial charge in [-0.3, -0.25) is 4.98 Å². The third kappa shape index (κ3) is 2.78. The van der Waals surface area contributed by atoms with Crippen LogP contribution in [0.5, 0.6) is 11.5 Å². The second kappa shape index (κ2) is 5.41. The summed E-state index contributed by atoms with van der Waals surface area (Å²) >= 11 is 0. The molecule has 1 rings (SSSR count). The van der Waals surface area contributed by atoms with E-state index in [1.807, 2.05) is 13.8 Å². The number of hydrogen-bond donors (Lipinski definition) is 1. The van der Waals surface area contributed by atoms with Crippen LogP contribution in [0.4, 0.5) is 0 Å². The van der Waals surface area contributed by atoms with E-state index >= 15 is 0 Å². The van der Waals surface area contributed by atoms with E-state index in [-0.39, 0.29) is 5.75 Å². The number of aryl methyl sites for hydroxylation is 1. The molecule has 1 aromatic heterocycles. The smallest absolute Gasteiger partial charge is 0.140 e. The Morgan fingerprint density at radius 2 is 2.00 bits per heavy atom. The first kappa shape index (κ1) is 10.8. The molecule has 68 valence electrons. The molecule has 0 aliphatic heterocycles. The third-order valence-corrected chi connectivity index (χ3v) is 1.27. The van der Waals surface area contributed by atoms with Crippen LogP contribution in [0.1, 0.15) is 19.5 Å². The van der Waals surface area contributed by atoms with Crippen LogP contribution in [0.2, 0.25) is 0 Å². The molecule has 0 amide bonds. The van der Waals surface area contributed by atoms with Gasteiger partial charge in [0.1, 0.15) is 11.5 Å². The molecular weight excluding hydrogens is 154 g/mol. The molecule has 0 bridgehead atoms. The topological polar surface area (TPSA) is 42.4 Å². The van der Waals surface area contributed by atoms with Crippen molar-refractivity contribution < 1.29 is 9.84 Å². The van der Waals surface area contributed by atoms with E-state index in [9.17, 15) is 0 Å². The highest BCUT2D eigenvalue weighted by molar-refractivity contribution is 5.32. The maximum absolute atomic E-state index is 9.09. The maximum atomic E-state index is 9.09. The first-order chi connectivity index (χ1) is 5.74. The summed E-state index contributed by atoms with van der Waals surface area (Å²) in [6.45, 7) is 5.73. The lowest BCUT2D eigenvalue weighted by Gasteiger charge is -2.00. The zero-order chi connectivity index (χ0) is 9.56. The van der Waals surface area contributed by atoms with Crippen molar-refractivity contribution in [2.45, 2.75) is 20.8 Å². The fourth-order valence-corrected chi connectivity index (χ4v) is 0.615. The van der Waals surface area contributed by atoms with Crippen LogP contribution in [0.15, 0.2) is 12.3 Å². The van der Waals surface area contributed by atoms with Crippen molar-refractivity contribution >= 4 is 0 Å². The summed E-state index contributed by atoms with van der Waals surface area (Å²) in [6.07, 6.45) is 1.56. The highest BCUT2D eigenvalue weighted by atomic mass is 16.5. The molecule has 0 saturated heterocycles. The lowest BCUT2D eigenvalue weighted by molar-refractivity contribution is 0.403. The van der Waals surface area contributed by atoms with E-state index < -0.39 is 0 Å². The van der Waals surface area contributed by atoms with Crippen molar-refractivity contribution in [1.29, 1.82) is 0 Å². The molecule has 0 aromatic carbocycles. The van der Waals surface area contributed by atoms with E-state index in [4.69, 9.17) is 9.84 Å². The van der Waals surface area contributed by atoms with Crippen LogP contribution in [0, 0.1) is 6.92 Å². The predicted octanol–water partition coefficient (Wildman–Crippen LogP) is 2.13. The van der Waals surface area contributed by atoms with Gasteiger partial charge in [0.25, 0.3) is 0 Å². The second-order valence-corrected chi connectivity index (χ2v) is 1.98. The van der Waals surface area contributed by atoms with Gasteiger partial charge < -0.3 is 9.84 Å². The quantitative estimate of drug-likeness (QED) is 0.700. The zero-order valence-corrected chi connectivity index (χ0v) is 7.96. The van der Waals surface area contributed by atoms with Gasteiger partial charge >= 0.3 is 0 Å². The Morgan fingerprint density at radius 1 is 1.42 bits per heavy atom. The molecule has 0 atom stereocenters. The van der Waals surface area contributed by atoms with Gasteiger partial charge in [0.05, 0.1) is 19.0 Å². The molecule has 0 unspecified atom stereocenters. The van der Waals surface area contributed by atoms with E-state index in [2.05, 4.69) is 4.98 Å². The predicted molar refractivity (Wildman–Crippen MR) is 48.5 cm³/mol. The van der Waals surface area contributed by atoms with Crippen LogP contribution < -0.4 is 4.74 Å². The van der Waals surface area contributed by atoms with Gasteiger partial charge in [-0.05, 0) is 6.92 Å². The SMILES string of the molecule is CC.COc1cnc(C)c(O)c1. The highest BCUT2D eigenvalue weighted by Crippen LogP contribution is 2.18. The fraction of sp³-hybridized carbons (Fsp3) is 0.444. The number of pyridine rings is 1. The largest absolute Gasteiger partial charge is 0.506 e. The van der Waals surface area contributed by atoms with Crippen molar-refractivity contribution in [2.24, 2.45) is 0 Å². The lowest BCUT2D eigenvalue weighted by atomic mass is 10.3. The van der Waals surface area contributed by atoms with E-state index in [0.717, 1.165) is 0 Å². The molecule has 3 nitrogen and oxygen atoms in total. The molecule has 0 radical (unpaired) electrons. The Kier molecular flexibility index (Phi) is 4.84. The summed E-state index contributed by atoms with van der Waals surface area (Å²) in [5.41, 5.74) is 0.612. The Balaban J connectivity index is 0.000000561. The van der Waals surface area contributed by atoms with Crippen LogP contribution >= 0.6 is 0 Å². The normalized spacial score (nSPS) is 8.33. The van der Waals surface area contributed by atoms with Crippen molar-refractivity contribution in [3.8, 4) is 11.5 Å². The summed E-state index contributed by atoms with van der Waals surface area (Å²) in [4.78, 5) is 3.87. The van der Waals surface area contributed by atoms with E-state index in [1.54, 1.807) is 13.1 Å². The molecule has 0 aliphatic rings. The molecule has 3 heteroatoms. The highest BCUT2D eigenvalue weighted by Gasteiger charge is 1.97. The molecule has 1 aromatic rings. The zero-order valence-electron chi connectivity index (χ0n) is 7.96. The van der Waals surface area contributed by atoms with E-state index in [0.29, 0.717) is 11.4 Å². The Morgan fingerprint density at radius 3 is 2.42 bits per heavy atom. The molecule has 12 heavy (non-hydrogen) atoms. The van der Waals surface area contributed by atoms with E-state index in [1.165, 1.54) is 13.2 Å². The number of methoxy groups -OCH3 is 1. The summed E-state index contributed by atoms with van der Waals surface area (Å²) in [5, 5.41) is 9.09. The average molecular weight is 169 g/mol. The Hall–Kier alpha value is -1.25. The number of nitrogens with zero attached hydrogens (tertiary/aromatic N) is 1. The number of rotatable bonds is 1. The average Bonchev–Trinajstić information content (AvgIpc) is 2.13. The summed E-state index contributed by atoms with van der Waals surface area (Å²) in [6, 6.07) is 1.53. The standard InChI is InChI=1S/C7H9NO2.C2H6/c1-5-7(9)3-6(10-2)4-8-5;1-2/h3-4,9H,1-2H3;1-2H3. The van der Waals surface area contributed by atoms with Crippen LogP contribution in [-0.4, -0.2) is 17.2 Å². The van der Waals surface area contributed by atoms with Gasteiger partial charge in [0, 0.05) is 6.07 Å². The first-order valence-electron chi connectivity index (χ1n) is 3.93. The molecule has 1 heterocycles. The second-order valence-electron chi connectivity index (χ2n) is 1.98.